The van der Waals surface area contributed by atoms with Crippen molar-refractivity contribution in [3.05, 3.63) is 29.8 Å². The third-order valence-corrected chi connectivity index (χ3v) is 5.40. The highest BCUT2D eigenvalue weighted by Crippen LogP contribution is 2.30. The topological polar surface area (TPSA) is 54.5 Å². The summed E-state index contributed by atoms with van der Waals surface area (Å²) in [7, 11) is 1.60. The number of hydrogen-bond acceptors (Lipinski definition) is 4. The average Bonchev–Trinajstić information content (AvgIpc) is 2.80. The van der Waals surface area contributed by atoms with Crippen LogP contribution in [0.5, 0.6) is 0 Å². The Morgan fingerprint density at radius 1 is 1.27 bits per heavy atom. The van der Waals surface area contributed by atoms with Gasteiger partial charge in [0.25, 0.3) is 0 Å². The summed E-state index contributed by atoms with van der Waals surface area (Å²) < 4.78 is 0. The fourth-order valence-electron chi connectivity index (χ4n) is 2.63. The van der Waals surface area contributed by atoms with Crippen molar-refractivity contribution in [2.45, 2.75) is 31.4 Å². The number of thioether (sulfide) groups is 1. The number of rotatable bonds is 5. The van der Waals surface area contributed by atoms with E-state index < -0.39 is 0 Å². The molecule has 1 saturated heterocycles. The van der Waals surface area contributed by atoms with Gasteiger partial charge >= 0.3 is 0 Å². The molecular formula is C16H20BNO3S. The average molecular weight is 317 g/mol. The van der Waals surface area contributed by atoms with E-state index in [0.717, 1.165) is 5.56 Å². The second-order valence-corrected chi connectivity index (χ2v) is 6.82. The molecule has 3 atom stereocenters. The highest BCUT2D eigenvalue weighted by atomic mass is 32.2. The van der Waals surface area contributed by atoms with E-state index in [9.17, 15) is 14.4 Å². The fourth-order valence-corrected chi connectivity index (χ4v) is 3.24. The summed E-state index contributed by atoms with van der Waals surface area (Å²) in [6, 6.07) is 7.37. The predicted octanol–water partition coefficient (Wildman–Crippen LogP) is 1.58. The first-order valence-electron chi connectivity index (χ1n) is 7.36. The number of carbonyl (C=O) groups excluding carboxylic acids is 3. The van der Waals surface area contributed by atoms with Crippen LogP contribution in [-0.2, 0) is 14.4 Å². The first kappa shape index (κ1) is 16.8. The first-order chi connectivity index (χ1) is 10.4. The van der Waals surface area contributed by atoms with Crippen molar-refractivity contribution in [3.63, 3.8) is 0 Å². The van der Waals surface area contributed by atoms with E-state index in [1.807, 2.05) is 32.2 Å². The van der Waals surface area contributed by atoms with Crippen molar-refractivity contribution in [1.82, 2.24) is 0 Å². The van der Waals surface area contributed by atoms with Crippen LogP contribution in [0.2, 0.25) is 0 Å². The smallest absolute Gasteiger partial charge is 0.247 e. The molecule has 0 bridgehead atoms. The van der Waals surface area contributed by atoms with Gasteiger partial charge < -0.3 is 4.79 Å². The first-order valence-corrected chi connectivity index (χ1v) is 8.65. The molecule has 1 heterocycles. The fraction of sp³-hybridized carbons (Fsp3) is 0.438. The number of hydrogen-bond donors (Lipinski definition) is 0. The summed E-state index contributed by atoms with van der Waals surface area (Å²) in [4.78, 5) is 37.0. The van der Waals surface area contributed by atoms with Crippen molar-refractivity contribution in [1.29, 1.82) is 0 Å². The molecule has 1 aromatic carbocycles. The summed E-state index contributed by atoms with van der Waals surface area (Å²) in [6.45, 7) is 3.93. The van der Waals surface area contributed by atoms with Crippen LogP contribution in [0, 0.1) is 5.92 Å². The van der Waals surface area contributed by atoms with E-state index in [0.29, 0.717) is 5.69 Å². The molecular weight excluding hydrogens is 297 g/mol. The van der Waals surface area contributed by atoms with E-state index in [1.165, 1.54) is 16.7 Å². The zero-order valence-corrected chi connectivity index (χ0v) is 14.1. The van der Waals surface area contributed by atoms with Crippen LogP contribution in [0.3, 0.4) is 0 Å². The van der Waals surface area contributed by atoms with Crippen LogP contribution in [0.15, 0.2) is 24.3 Å². The number of anilines is 1. The predicted molar refractivity (Wildman–Crippen MR) is 92.0 cm³/mol. The van der Waals surface area contributed by atoms with Gasteiger partial charge in [-0.2, -0.15) is 11.8 Å². The maximum absolute atomic E-state index is 12.2. The Morgan fingerprint density at radius 3 is 2.32 bits per heavy atom. The minimum absolute atomic E-state index is 0.0539. The van der Waals surface area contributed by atoms with E-state index >= 15 is 0 Å². The van der Waals surface area contributed by atoms with Gasteiger partial charge in [-0.1, -0.05) is 26.0 Å². The van der Waals surface area contributed by atoms with Crippen molar-refractivity contribution >= 4 is 42.8 Å². The Labute approximate surface area is 136 Å². The molecule has 116 valence electrons. The zero-order chi connectivity index (χ0) is 16.4. The SMILES string of the molecule is BC(=O)C(C)C(C)c1ccc(N2C(=O)CC(SC)C2=O)cc1. The number of benzene rings is 1. The summed E-state index contributed by atoms with van der Waals surface area (Å²) in [5, 5.41) is -0.274. The minimum atomic E-state index is -0.274. The molecule has 0 aliphatic carbocycles. The Balaban J connectivity index is 2.21. The van der Waals surface area contributed by atoms with Gasteiger partial charge in [0.2, 0.25) is 11.8 Å². The molecule has 6 heteroatoms. The van der Waals surface area contributed by atoms with Gasteiger partial charge in [-0.05, 0) is 29.9 Å². The Hall–Kier alpha value is -1.56. The van der Waals surface area contributed by atoms with Gasteiger partial charge in [-0.3, -0.25) is 9.59 Å². The molecule has 0 radical (unpaired) electrons. The monoisotopic (exact) mass is 317 g/mol. The molecule has 3 unspecified atom stereocenters. The molecule has 2 rings (SSSR count). The molecule has 22 heavy (non-hydrogen) atoms. The number of nitrogens with zero attached hydrogens (tertiary/aromatic N) is 1. The number of imide groups is 1. The van der Waals surface area contributed by atoms with Gasteiger partial charge in [0.15, 0.2) is 7.85 Å². The molecule has 1 aliphatic heterocycles. The second kappa shape index (κ2) is 6.69. The highest BCUT2D eigenvalue weighted by Gasteiger charge is 2.38. The van der Waals surface area contributed by atoms with Crippen LogP contribution in [0.4, 0.5) is 5.69 Å². The lowest BCUT2D eigenvalue weighted by Crippen LogP contribution is -2.31. The summed E-state index contributed by atoms with van der Waals surface area (Å²) in [5.74, 6) is -0.241. The zero-order valence-electron chi connectivity index (χ0n) is 13.3. The summed E-state index contributed by atoms with van der Waals surface area (Å²) >= 11 is 1.41. The molecule has 1 aliphatic rings. The van der Waals surface area contributed by atoms with Crippen LogP contribution in [0.1, 0.15) is 31.7 Å². The molecule has 1 aromatic rings. The lowest BCUT2D eigenvalue weighted by atomic mass is 9.79. The van der Waals surface area contributed by atoms with Gasteiger partial charge in [0.05, 0.1) is 16.6 Å². The van der Waals surface area contributed by atoms with E-state index in [4.69, 9.17) is 0 Å². The number of amides is 2. The van der Waals surface area contributed by atoms with Crippen molar-refractivity contribution in [2.75, 3.05) is 11.2 Å². The lowest BCUT2D eigenvalue weighted by Gasteiger charge is -2.20. The standard InChI is InChI=1S/C16H20BNO3S/c1-9(10(2)15(17)20)11-4-6-12(7-5-11)18-14(19)8-13(22-3)16(18)21/h4-7,9-10,13H,8,17H2,1-3H3. The van der Waals surface area contributed by atoms with Crippen molar-refractivity contribution in [3.8, 4) is 0 Å². The maximum Gasteiger partial charge on any atom is 0.247 e. The normalized spacial score (nSPS) is 21.0. The number of carbonyl (C=O) groups is 3. The Morgan fingerprint density at radius 2 is 1.86 bits per heavy atom. The quantitative estimate of drug-likeness (QED) is 0.611. The van der Waals surface area contributed by atoms with Crippen LogP contribution in [-0.4, -0.2) is 36.8 Å². The summed E-state index contributed by atoms with van der Waals surface area (Å²) in [6.07, 6.45) is 2.10. The molecule has 0 saturated carbocycles. The van der Waals surface area contributed by atoms with E-state index in [1.54, 1.807) is 20.0 Å². The third kappa shape index (κ3) is 3.12. The van der Waals surface area contributed by atoms with Crippen LogP contribution >= 0.6 is 11.8 Å². The Kier molecular flexibility index (Phi) is 5.11. The molecule has 0 N–H and O–H groups in total. The maximum atomic E-state index is 12.2. The van der Waals surface area contributed by atoms with Gasteiger partial charge in [0, 0.05) is 12.3 Å². The van der Waals surface area contributed by atoms with Crippen LogP contribution in [0.25, 0.3) is 0 Å². The highest BCUT2D eigenvalue weighted by molar-refractivity contribution is 8.00. The lowest BCUT2D eigenvalue weighted by molar-refractivity contribution is -0.121. The van der Waals surface area contributed by atoms with E-state index in [2.05, 4.69) is 0 Å². The second-order valence-electron chi connectivity index (χ2n) is 5.78. The van der Waals surface area contributed by atoms with Gasteiger partial charge in [-0.25, -0.2) is 4.90 Å². The largest absolute Gasteiger partial charge is 0.312 e. The van der Waals surface area contributed by atoms with Crippen LogP contribution < -0.4 is 4.90 Å². The molecule has 2 amide bonds. The van der Waals surface area contributed by atoms with Gasteiger partial charge in [-0.15, -0.1) is 0 Å². The summed E-state index contributed by atoms with van der Waals surface area (Å²) in [5.41, 5.74) is 1.80. The van der Waals surface area contributed by atoms with E-state index in [-0.39, 0.29) is 41.0 Å². The molecule has 1 fully saturated rings. The molecule has 0 aromatic heterocycles. The van der Waals surface area contributed by atoms with Crippen molar-refractivity contribution < 1.29 is 14.4 Å². The molecule has 0 spiro atoms. The molecule has 4 nitrogen and oxygen atoms in total. The van der Waals surface area contributed by atoms with Gasteiger partial charge in [0.1, 0.15) is 0 Å². The third-order valence-electron chi connectivity index (χ3n) is 4.46. The van der Waals surface area contributed by atoms with Crippen molar-refractivity contribution in [2.24, 2.45) is 5.92 Å². The Bertz CT molecular complexity index is 602. The minimum Gasteiger partial charge on any atom is -0.312 e.